The zero-order valence-electron chi connectivity index (χ0n) is 11.1. The highest BCUT2D eigenvalue weighted by Gasteiger charge is 2.14. The first kappa shape index (κ1) is 15.8. The Morgan fingerprint density at radius 2 is 2.05 bits per heavy atom. The molecule has 0 aliphatic carbocycles. The van der Waals surface area contributed by atoms with Gasteiger partial charge in [0.1, 0.15) is 10.2 Å². The van der Waals surface area contributed by atoms with Crippen LogP contribution in [-0.2, 0) is 6.54 Å². The van der Waals surface area contributed by atoms with E-state index in [9.17, 15) is 10.1 Å². The molecule has 0 radical (unpaired) electrons. The summed E-state index contributed by atoms with van der Waals surface area (Å²) >= 11 is 6.74. The van der Waals surface area contributed by atoms with Crippen molar-refractivity contribution in [3.05, 3.63) is 61.0 Å². The second-order valence-corrected chi connectivity index (χ2v) is 5.85. The van der Waals surface area contributed by atoms with Crippen LogP contribution in [0.2, 0.25) is 0 Å². The molecule has 0 aliphatic heterocycles. The second-order valence-electron chi connectivity index (χ2n) is 4.21. The first-order valence-corrected chi connectivity index (χ1v) is 7.60. The summed E-state index contributed by atoms with van der Waals surface area (Å²) in [6.07, 6.45) is 0. The zero-order chi connectivity index (χ0) is 15.4. The third-order valence-electron chi connectivity index (χ3n) is 2.90. The van der Waals surface area contributed by atoms with E-state index in [1.807, 2.05) is 24.3 Å². The largest absolute Gasteiger partial charge is 0.497 e. The highest BCUT2D eigenvalue weighted by atomic mass is 79.9. The third kappa shape index (κ3) is 3.74. The topological polar surface area (TPSA) is 64.4 Å². The third-order valence-corrected chi connectivity index (χ3v) is 4.50. The van der Waals surface area contributed by atoms with Gasteiger partial charge in [-0.05, 0) is 49.6 Å². The molecule has 21 heavy (non-hydrogen) atoms. The van der Waals surface area contributed by atoms with E-state index in [0.29, 0.717) is 11.0 Å². The van der Waals surface area contributed by atoms with E-state index >= 15 is 0 Å². The fourth-order valence-corrected chi connectivity index (χ4v) is 2.74. The fraction of sp³-hybridized carbons (Fsp3) is 0.143. The van der Waals surface area contributed by atoms with Gasteiger partial charge in [0.15, 0.2) is 0 Å². The van der Waals surface area contributed by atoms with Gasteiger partial charge in [0, 0.05) is 23.2 Å². The summed E-state index contributed by atoms with van der Waals surface area (Å²) in [6.45, 7) is 0.452. The lowest BCUT2D eigenvalue weighted by Gasteiger charge is -2.11. The molecule has 0 aliphatic rings. The van der Waals surface area contributed by atoms with Crippen LogP contribution in [0.5, 0.6) is 5.75 Å². The van der Waals surface area contributed by atoms with Crippen molar-refractivity contribution in [1.29, 1.82) is 0 Å². The highest BCUT2D eigenvalue weighted by molar-refractivity contribution is 9.11. The van der Waals surface area contributed by atoms with Crippen LogP contribution in [-0.4, -0.2) is 12.0 Å². The van der Waals surface area contributed by atoms with Gasteiger partial charge in [-0.2, -0.15) is 0 Å². The number of nitro groups is 1. The molecule has 2 rings (SSSR count). The number of nitro benzene ring substituents is 1. The van der Waals surface area contributed by atoms with Crippen LogP contribution in [0, 0.1) is 10.1 Å². The molecule has 0 bridgehead atoms. The van der Waals surface area contributed by atoms with Gasteiger partial charge >= 0.3 is 0 Å². The first-order chi connectivity index (χ1) is 10.0. The molecule has 0 fully saturated rings. The van der Waals surface area contributed by atoms with Crippen molar-refractivity contribution in [2.24, 2.45) is 0 Å². The summed E-state index contributed by atoms with van der Waals surface area (Å²) in [5, 5.41) is 14.1. The van der Waals surface area contributed by atoms with Crippen molar-refractivity contribution in [1.82, 2.24) is 0 Å². The molecule has 0 heterocycles. The maximum Gasteiger partial charge on any atom is 0.283 e. The number of anilines is 1. The molecule has 0 aromatic heterocycles. The molecular formula is C14H12Br2N2O3. The van der Waals surface area contributed by atoms with Crippen LogP contribution in [0.25, 0.3) is 0 Å². The number of benzene rings is 2. The van der Waals surface area contributed by atoms with Crippen molar-refractivity contribution in [2.75, 3.05) is 12.4 Å². The number of nitrogens with one attached hydrogen (secondary N) is 1. The van der Waals surface area contributed by atoms with E-state index in [-0.39, 0.29) is 5.69 Å². The van der Waals surface area contributed by atoms with E-state index in [0.717, 1.165) is 21.5 Å². The summed E-state index contributed by atoms with van der Waals surface area (Å²) in [5.74, 6) is 0.735. The van der Waals surface area contributed by atoms with Gasteiger partial charge in [0.2, 0.25) is 0 Å². The number of rotatable bonds is 5. The van der Waals surface area contributed by atoms with E-state index in [1.54, 1.807) is 13.2 Å². The van der Waals surface area contributed by atoms with Gasteiger partial charge in [-0.25, -0.2) is 0 Å². The Balaban J connectivity index is 2.21. The Bertz CT molecular complexity index is 677. The van der Waals surface area contributed by atoms with Crippen molar-refractivity contribution in [3.8, 4) is 5.75 Å². The molecule has 7 heteroatoms. The SMILES string of the molecule is COc1ccc(Br)c(NCc2cccc([N+](=O)[O-])c2Br)c1. The van der Waals surface area contributed by atoms with Crippen LogP contribution in [0.1, 0.15) is 5.56 Å². The predicted octanol–water partition coefficient (Wildman–Crippen LogP) is 4.74. The average molecular weight is 416 g/mol. The molecule has 0 saturated heterocycles. The maximum absolute atomic E-state index is 10.9. The fourth-order valence-electron chi connectivity index (χ4n) is 1.80. The Kier molecular flexibility index (Phi) is 5.19. The standard InChI is InChI=1S/C14H12Br2N2O3/c1-21-10-5-6-11(15)12(7-10)17-8-9-3-2-4-13(14(9)16)18(19)20/h2-7,17H,8H2,1H3. The highest BCUT2D eigenvalue weighted by Crippen LogP contribution is 2.31. The Morgan fingerprint density at radius 3 is 2.71 bits per heavy atom. The van der Waals surface area contributed by atoms with E-state index in [1.165, 1.54) is 6.07 Å². The average Bonchev–Trinajstić information content (AvgIpc) is 2.47. The number of hydrogen-bond donors (Lipinski definition) is 1. The van der Waals surface area contributed by atoms with Crippen molar-refractivity contribution >= 4 is 43.2 Å². The monoisotopic (exact) mass is 414 g/mol. The zero-order valence-corrected chi connectivity index (χ0v) is 14.3. The Morgan fingerprint density at radius 1 is 1.29 bits per heavy atom. The number of ether oxygens (including phenoxy) is 1. The lowest BCUT2D eigenvalue weighted by molar-refractivity contribution is -0.385. The van der Waals surface area contributed by atoms with Crippen molar-refractivity contribution in [2.45, 2.75) is 6.54 Å². The molecule has 0 amide bonds. The summed E-state index contributed by atoms with van der Waals surface area (Å²) in [6, 6.07) is 10.5. The molecule has 0 saturated carbocycles. The minimum absolute atomic E-state index is 0.0546. The van der Waals surface area contributed by atoms with Gasteiger partial charge in [0.05, 0.1) is 17.7 Å². The van der Waals surface area contributed by atoms with Crippen LogP contribution in [0.3, 0.4) is 0 Å². The lowest BCUT2D eigenvalue weighted by atomic mass is 10.2. The first-order valence-electron chi connectivity index (χ1n) is 6.02. The summed E-state index contributed by atoms with van der Waals surface area (Å²) in [4.78, 5) is 10.5. The molecule has 0 spiro atoms. The molecule has 2 aromatic carbocycles. The number of nitrogens with zero attached hydrogens (tertiary/aromatic N) is 1. The van der Waals surface area contributed by atoms with Gasteiger partial charge in [0.25, 0.3) is 5.69 Å². The molecular weight excluding hydrogens is 404 g/mol. The smallest absolute Gasteiger partial charge is 0.283 e. The molecule has 1 N–H and O–H groups in total. The van der Waals surface area contributed by atoms with E-state index in [2.05, 4.69) is 37.2 Å². The van der Waals surface area contributed by atoms with Gasteiger partial charge in [-0.1, -0.05) is 12.1 Å². The molecule has 2 aromatic rings. The number of hydrogen-bond acceptors (Lipinski definition) is 4. The van der Waals surface area contributed by atoms with Crippen molar-refractivity contribution in [3.63, 3.8) is 0 Å². The minimum Gasteiger partial charge on any atom is -0.497 e. The summed E-state index contributed by atoms with van der Waals surface area (Å²) in [7, 11) is 1.60. The Labute approximate surface area is 138 Å². The lowest BCUT2D eigenvalue weighted by Crippen LogP contribution is -2.02. The van der Waals surface area contributed by atoms with Crippen LogP contribution >= 0.6 is 31.9 Å². The normalized spacial score (nSPS) is 10.2. The minimum atomic E-state index is -0.408. The second kappa shape index (κ2) is 6.91. The van der Waals surface area contributed by atoms with Crippen LogP contribution in [0.15, 0.2) is 45.3 Å². The number of halogens is 2. The van der Waals surface area contributed by atoms with E-state index in [4.69, 9.17) is 4.74 Å². The summed E-state index contributed by atoms with van der Waals surface area (Å²) in [5.41, 5.74) is 1.71. The van der Waals surface area contributed by atoms with E-state index < -0.39 is 4.92 Å². The molecule has 5 nitrogen and oxygen atoms in total. The van der Waals surface area contributed by atoms with Gasteiger partial charge in [-0.3, -0.25) is 10.1 Å². The Hall–Kier alpha value is -1.60. The maximum atomic E-state index is 10.9. The van der Waals surface area contributed by atoms with Gasteiger partial charge < -0.3 is 10.1 Å². The van der Waals surface area contributed by atoms with Crippen molar-refractivity contribution < 1.29 is 9.66 Å². The summed E-state index contributed by atoms with van der Waals surface area (Å²) < 4.78 is 6.56. The molecule has 0 unspecified atom stereocenters. The number of methoxy groups -OCH3 is 1. The van der Waals surface area contributed by atoms with Crippen LogP contribution in [0.4, 0.5) is 11.4 Å². The molecule has 0 atom stereocenters. The predicted molar refractivity (Wildman–Crippen MR) is 88.8 cm³/mol. The van der Waals surface area contributed by atoms with Crippen LogP contribution < -0.4 is 10.1 Å². The van der Waals surface area contributed by atoms with Gasteiger partial charge in [-0.15, -0.1) is 0 Å². The molecule has 110 valence electrons. The quantitative estimate of drug-likeness (QED) is 0.565.